The van der Waals surface area contributed by atoms with Gasteiger partial charge in [0.05, 0.1) is 12.7 Å². The van der Waals surface area contributed by atoms with Crippen molar-refractivity contribution in [3.63, 3.8) is 0 Å². The predicted octanol–water partition coefficient (Wildman–Crippen LogP) is 2.71. The minimum absolute atomic E-state index is 0.0490. The Morgan fingerprint density at radius 3 is 2.65 bits per heavy atom. The number of rotatable bonds is 7. The van der Waals surface area contributed by atoms with Gasteiger partial charge in [0.15, 0.2) is 12.1 Å². The molecule has 0 amide bonds. The quantitative estimate of drug-likeness (QED) is 0.647. The van der Waals surface area contributed by atoms with Crippen molar-refractivity contribution in [2.75, 3.05) is 20.3 Å². The third-order valence-electron chi connectivity index (χ3n) is 3.00. The second kappa shape index (κ2) is 7.31. The summed E-state index contributed by atoms with van der Waals surface area (Å²) < 4.78 is 22.3. The Morgan fingerprint density at radius 1 is 1.35 bits per heavy atom. The van der Waals surface area contributed by atoms with E-state index < -0.39 is 5.79 Å². The Bertz CT molecular complexity index is 200. The first-order valence-corrected chi connectivity index (χ1v) is 6.53. The summed E-state index contributed by atoms with van der Waals surface area (Å²) in [5.41, 5.74) is 0. The summed E-state index contributed by atoms with van der Waals surface area (Å²) in [6.07, 6.45) is 4.22. The maximum absolute atomic E-state index is 5.82. The Kier molecular flexibility index (Phi) is 6.41. The van der Waals surface area contributed by atoms with Crippen molar-refractivity contribution in [1.29, 1.82) is 0 Å². The van der Waals surface area contributed by atoms with Crippen LogP contribution in [0.5, 0.6) is 0 Å². The molecule has 0 aliphatic carbocycles. The lowest BCUT2D eigenvalue weighted by molar-refractivity contribution is -0.248. The van der Waals surface area contributed by atoms with Crippen LogP contribution in [0.3, 0.4) is 0 Å². The molecular weight excluding hydrogens is 220 g/mol. The first-order chi connectivity index (χ1) is 8.07. The lowest BCUT2D eigenvalue weighted by Crippen LogP contribution is -2.36. The fraction of sp³-hybridized carbons (Fsp3) is 1.00. The first kappa shape index (κ1) is 14.9. The summed E-state index contributed by atoms with van der Waals surface area (Å²) in [4.78, 5) is 0. The van der Waals surface area contributed by atoms with Crippen molar-refractivity contribution < 1.29 is 18.9 Å². The zero-order valence-corrected chi connectivity index (χ0v) is 11.5. The van der Waals surface area contributed by atoms with Crippen LogP contribution in [-0.4, -0.2) is 38.5 Å². The molecule has 0 saturated carbocycles. The van der Waals surface area contributed by atoms with E-state index >= 15 is 0 Å². The molecule has 1 aliphatic heterocycles. The molecule has 4 nitrogen and oxygen atoms in total. The van der Waals surface area contributed by atoms with Crippen molar-refractivity contribution in [1.82, 2.24) is 0 Å². The summed E-state index contributed by atoms with van der Waals surface area (Å²) in [6, 6.07) is 0. The standard InChI is InChI=1S/C13H26O4/c1-5-11(17-13(2,3)14-4)10-16-12-8-6-7-9-15-12/h11-12H,5-10H2,1-4H3. The zero-order valence-electron chi connectivity index (χ0n) is 11.5. The molecule has 0 aromatic heterocycles. The molecule has 0 N–H and O–H groups in total. The maximum atomic E-state index is 5.82. The number of methoxy groups -OCH3 is 1. The second-order valence-electron chi connectivity index (χ2n) is 4.88. The van der Waals surface area contributed by atoms with Crippen LogP contribution >= 0.6 is 0 Å². The van der Waals surface area contributed by atoms with Gasteiger partial charge in [-0.3, -0.25) is 0 Å². The van der Waals surface area contributed by atoms with Crippen molar-refractivity contribution in [2.24, 2.45) is 0 Å². The minimum Gasteiger partial charge on any atom is -0.354 e. The van der Waals surface area contributed by atoms with Crippen LogP contribution in [0.1, 0.15) is 46.5 Å². The van der Waals surface area contributed by atoms with Crippen LogP contribution in [0.15, 0.2) is 0 Å². The monoisotopic (exact) mass is 246 g/mol. The molecule has 4 heteroatoms. The highest BCUT2D eigenvalue weighted by Gasteiger charge is 2.23. The molecule has 1 saturated heterocycles. The average Bonchev–Trinajstić information content (AvgIpc) is 2.35. The molecule has 0 aromatic rings. The Hall–Kier alpha value is -0.160. The molecule has 0 spiro atoms. The maximum Gasteiger partial charge on any atom is 0.162 e. The van der Waals surface area contributed by atoms with Gasteiger partial charge in [-0.1, -0.05) is 6.92 Å². The molecule has 1 aliphatic rings. The highest BCUT2D eigenvalue weighted by atomic mass is 16.7. The molecule has 1 heterocycles. The third-order valence-corrected chi connectivity index (χ3v) is 3.00. The van der Waals surface area contributed by atoms with Gasteiger partial charge in [-0.05, 0) is 39.5 Å². The molecule has 0 radical (unpaired) electrons. The normalized spacial score (nSPS) is 23.6. The van der Waals surface area contributed by atoms with Gasteiger partial charge < -0.3 is 18.9 Å². The Morgan fingerprint density at radius 2 is 2.12 bits per heavy atom. The van der Waals surface area contributed by atoms with E-state index in [2.05, 4.69) is 6.92 Å². The Labute approximate surface area is 105 Å². The van der Waals surface area contributed by atoms with Crippen molar-refractivity contribution in [3.05, 3.63) is 0 Å². The summed E-state index contributed by atoms with van der Waals surface area (Å²) >= 11 is 0. The fourth-order valence-corrected chi connectivity index (χ4v) is 1.74. The molecule has 102 valence electrons. The zero-order chi connectivity index (χ0) is 12.7. The first-order valence-electron chi connectivity index (χ1n) is 6.53. The van der Waals surface area contributed by atoms with E-state index in [9.17, 15) is 0 Å². The SMILES string of the molecule is CCC(COC1CCCCO1)OC(C)(C)OC. The van der Waals surface area contributed by atoms with Gasteiger partial charge in [-0.25, -0.2) is 0 Å². The van der Waals surface area contributed by atoms with Crippen LogP contribution in [0, 0.1) is 0 Å². The van der Waals surface area contributed by atoms with Gasteiger partial charge in [0.1, 0.15) is 0 Å². The largest absolute Gasteiger partial charge is 0.354 e. The van der Waals surface area contributed by atoms with Gasteiger partial charge in [0.25, 0.3) is 0 Å². The van der Waals surface area contributed by atoms with Crippen molar-refractivity contribution in [2.45, 2.75) is 64.6 Å². The van der Waals surface area contributed by atoms with Gasteiger partial charge in [-0.2, -0.15) is 0 Å². The van der Waals surface area contributed by atoms with Crippen LogP contribution in [0.2, 0.25) is 0 Å². The van der Waals surface area contributed by atoms with Crippen LogP contribution in [0.4, 0.5) is 0 Å². The van der Waals surface area contributed by atoms with E-state index in [4.69, 9.17) is 18.9 Å². The number of ether oxygens (including phenoxy) is 4. The van der Waals surface area contributed by atoms with E-state index in [1.54, 1.807) is 7.11 Å². The topological polar surface area (TPSA) is 36.9 Å². The minimum atomic E-state index is -0.558. The van der Waals surface area contributed by atoms with Gasteiger partial charge in [-0.15, -0.1) is 0 Å². The van der Waals surface area contributed by atoms with Gasteiger partial charge >= 0.3 is 0 Å². The Balaban J connectivity index is 2.26. The van der Waals surface area contributed by atoms with Crippen LogP contribution < -0.4 is 0 Å². The number of hydrogen-bond acceptors (Lipinski definition) is 4. The lowest BCUT2D eigenvalue weighted by atomic mass is 10.2. The van der Waals surface area contributed by atoms with Crippen molar-refractivity contribution >= 4 is 0 Å². The van der Waals surface area contributed by atoms with E-state index in [0.717, 1.165) is 25.9 Å². The van der Waals surface area contributed by atoms with Gasteiger partial charge in [0.2, 0.25) is 0 Å². The highest BCUT2D eigenvalue weighted by Crippen LogP contribution is 2.18. The second-order valence-corrected chi connectivity index (χ2v) is 4.88. The van der Waals surface area contributed by atoms with Crippen LogP contribution in [-0.2, 0) is 18.9 Å². The molecule has 0 bridgehead atoms. The number of hydrogen-bond donors (Lipinski definition) is 0. The smallest absolute Gasteiger partial charge is 0.162 e. The van der Waals surface area contributed by atoms with E-state index in [1.165, 1.54) is 6.42 Å². The molecule has 0 aromatic carbocycles. The molecule has 1 rings (SSSR count). The molecule has 17 heavy (non-hydrogen) atoms. The van der Waals surface area contributed by atoms with E-state index in [1.807, 2.05) is 13.8 Å². The molecule has 2 atom stereocenters. The van der Waals surface area contributed by atoms with Crippen LogP contribution in [0.25, 0.3) is 0 Å². The van der Waals surface area contributed by atoms with E-state index in [0.29, 0.717) is 6.61 Å². The average molecular weight is 246 g/mol. The summed E-state index contributed by atoms with van der Waals surface area (Å²) in [7, 11) is 1.65. The van der Waals surface area contributed by atoms with Gasteiger partial charge in [0, 0.05) is 13.7 Å². The van der Waals surface area contributed by atoms with E-state index in [-0.39, 0.29) is 12.4 Å². The summed E-state index contributed by atoms with van der Waals surface area (Å²) in [6.45, 7) is 7.28. The highest BCUT2D eigenvalue weighted by molar-refractivity contribution is 4.62. The molecule has 1 fully saturated rings. The summed E-state index contributed by atoms with van der Waals surface area (Å²) in [5, 5.41) is 0. The molecule has 2 unspecified atom stereocenters. The van der Waals surface area contributed by atoms with Crippen molar-refractivity contribution in [3.8, 4) is 0 Å². The lowest BCUT2D eigenvalue weighted by Gasteiger charge is -2.30. The molecular formula is C13H26O4. The third kappa shape index (κ3) is 5.82. The summed E-state index contributed by atoms with van der Waals surface area (Å²) in [5.74, 6) is -0.558. The predicted molar refractivity (Wildman–Crippen MR) is 65.8 cm³/mol. The fourth-order valence-electron chi connectivity index (χ4n) is 1.74.